The molecule has 0 fully saturated rings. The van der Waals surface area contributed by atoms with Gasteiger partial charge in [-0.05, 0) is 24.3 Å². The third kappa shape index (κ3) is 2.82. The minimum Gasteiger partial charge on any atom is -0.495 e. The van der Waals surface area contributed by atoms with Gasteiger partial charge in [-0.1, -0.05) is 36.4 Å². The van der Waals surface area contributed by atoms with Crippen LogP contribution in [-0.2, 0) is 0 Å². The average molecular weight is 385 g/mol. The predicted molar refractivity (Wildman–Crippen MR) is 111 cm³/mol. The van der Waals surface area contributed by atoms with Gasteiger partial charge in [0.05, 0.1) is 12.8 Å². The van der Waals surface area contributed by atoms with E-state index in [1.165, 1.54) is 13.2 Å². The fraction of sp³-hybridized carbons (Fsp3) is 0.0435. The Hall–Kier alpha value is -4.06. The first-order valence-corrected chi connectivity index (χ1v) is 8.97. The van der Waals surface area contributed by atoms with Crippen LogP contribution in [0.2, 0.25) is 0 Å². The van der Waals surface area contributed by atoms with Crippen molar-refractivity contribution in [1.29, 1.82) is 0 Å². The molecule has 142 valence electrons. The Morgan fingerprint density at radius 2 is 1.62 bits per heavy atom. The third-order valence-corrected chi connectivity index (χ3v) is 4.83. The monoisotopic (exact) mass is 385 g/mol. The van der Waals surface area contributed by atoms with E-state index in [0.717, 1.165) is 16.4 Å². The summed E-state index contributed by atoms with van der Waals surface area (Å²) in [5.41, 5.74) is 1.38. The van der Waals surface area contributed by atoms with Crippen LogP contribution in [0.25, 0.3) is 32.9 Å². The number of benzene rings is 3. The van der Waals surface area contributed by atoms with Crippen molar-refractivity contribution in [2.45, 2.75) is 0 Å². The zero-order valence-corrected chi connectivity index (χ0v) is 15.4. The van der Waals surface area contributed by atoms with Crippen molar-refractivity contribution in [2.24, 2.45) is 0 Å². The molecule has 0 unspecified atom stereocenters. The van der Waals surface area contributed by atoms with E-state index in [0.29, 0.717) is 28.0 Å². The molecule has 0 radical (unpaired) electrons. The van der Waals surface area contributed by atoms with Crippen LogP contribution in [0.1, 0.15) is 10.4 Å². The number of furan rings is 1. The third-order valence-electron chi connectivity index (χ3n) is 4.83. The summed E-state index contributed by atoms with van der Waals surface area (Å²) >= 11 is 0. The highest BCUT2D eigenvalue weighted by Gasteiger charge is 2.18. The lowest BCUT2D eigenvalue weighted by Crippen LogP contribution is -2.21. The SMILES string of the molecule is COc1cc2c(cc1NC(=O)c1cc3ccccc3oc1=O)oc1ccccc12. The summed E-state index contributed by atoms with van der Waals surface area (Å²) in [6, 6.07) is 19.7. The minimum absolute atomic E-state index is 0.0875. The maximum Gasteiger partial charge on any atom is 0.349 e. The molecule has 0 atom stereocenters. The molecule has 0 aliphatic rings. The van der Waals surface area contributed by atoms with Gasteiger partial charge in [0, 0.05) is 22.2 Å². The molecule has 0 saturated heterocycles. The molecule has 6 nitrogen and oxygen atoms in total. The Morgan fingerprint density at radius 3 is 2.45 bits per heavy atom. The zero-order chi connectivity index (χ0) is 20.0. The molecule has 6 heteroatoms. The fourth-order valence-electron chi connectivity index (χ4n) is 3.43. The Bertz CT molecular complexity index is 1460. The van der Waals surface area contributed by atoms with Gasteiger partial charge in [0.15, 0.2) is 0 Å². The molecule has 0 bridgehead atoms. The van der Waals surface area contributed by atoms with Crippen LogP contribution in [-0.4, -0.2) is 13.0 Å². The van der Waals surface area contributed by atoms with Gasteiger partial charge in [-0.15, -0.1) is 0 Å². The lowest BCUT2D eigenvalue weighted by molar-refractivity contribution is 0.102. The maximum absolute atomic E-state index is 12.8. The van der Waals surface area contributed by atoms with Gasteiger partial charge in [-0.25, -0.2) is 4.79 Å². The molecule has 29 heavy (non-hydrogen) atoms. The summed E-state index contributed by atoms with van der Waals surface area (Å²) in [6.07, 6.45) is 0. The molecule has 1 amide bonds. The van der Waals surface area contributed by atoms with Crippen molar-refractivity contribution in [3.63, 3.8) is 0 Å². The number of carbonyl (C=O) groups excluding carboxylic acids is 1. The van der Waals surface area contributed by atoms with Crippen molar-refractivity contribution < 1.29 is 18.4 Å². The Labute approximate surface area is 164 Å². The van der Waals surface area contributed by atoms with E-state index in [2.05, 4.69) is 5.32 Å². The first-order chi connectivity index (χ1) is 14.1. The molecule has 5 aromatic rings. The topological polar surface area (TPSA) is 81.7 Å². The van der Waals surface area contributed by atoms with E-state index in [9.17, 15) is 9.59 Å². The number of amides is 1. The molecular weight excluding hydrogens is 370 g/mol. The first-order valence-electron chi connectivity index (χ1n) is 8.97. The minimum atomic E-state index is -0.704. The lowest BCUT2D eigenvalue weighted by atomic mass is 10.1. The van der Waals surface area contributed by atoms with Crippen LogP contribution >= 0.6 is 0 Å². The molecule has 0 aliphatic carbocycles. The average Bonchev–Trinajstić information content (AvgIpc) is 3.09. The normalized spacial score (nSPS) is 11.2. The molecule has 1 N–H and O–H groups in total. The number of hydrogen-bond donors (Lipinski definition) is 1. The number of para-hydroxylation sites is 2. The standard InChI is InChI=1S/C23H15NO5/c1-27-21-11-15-14-7-3-5-9-19(14)28-20(15)12-17(21)24-22(25)16-10-13-6-2-4-8-18(13)29-23(16)26/h2-12H,1H3,(H,24,25). The number of methoxy groups -OCH3 is 1. The summed E-state index contributed by atoms with van der Waals surface area (Å²) in [7, 11) is 1.52. The Balaban J connectivity index is 1.59. The van der Waals surface area contributed by atoms with Gasteiger partial charge in [0.25, 0.3) is 5.91 Å². The first kappa shape index (κ1) is 17.1. The van der Waals surface area contributed by atoms with E-state index in [4.69, 9.17) is 13.6 Å². The highest BCUT2D eigenvalue weighted by Crippen LogP contribution is 2.36. The van der Waals surface area contributed by atoms with Crippen LogP contribution in [0.3, 0.4) is 0 Å². The van der Waals surface area contributed by atoms with Gasteiger partial charge in [0.2, 0.25) is 0 Å². The Morgan fingerprint density at radius 1 is 0.862 bits per heavy atom. The van der Waals surface area contributed by atoms with Crippen molar-refractivity contribution in [1.82, 2.24) is 0 Å². The number of carbonyl (C=O) groups is 1. The lowest BCUT2D eigenvalue weighted by Gasteiger charge is -2.10. The zero-order valence-electron chi connectivity index (χ0n) is 15.4. The van der Waals surface area contributed by atoms with Gasteiger partial charge in [-0.3, -0.25) is 4.79 Å². The van der Waals surface area contributed by atoms with Crippen molar-refractivity contribution >= 4 is 44.5 Å². The fourth-order valence-corrected chi connectivity index (χ4v) is 3.43. The van der Waals surface area contributed by atoms with Crippen LogP contribution in [0.15, 0.2) is 80.4 Å². The second-order valence-electron chi connectivity index (χ2n) is 6.59. The largest absolute Gasteiger partial charge is 0.495 e. The highest BCUT2D eigenvalue weighted by molar-refractivity contribution is 6.10. The number of anilines is 1. The van der Waals surface area contributed by atoms with Gasteiger partial charge < -0.3 is 18.9 Å². The predicted octanol–water partition coefficient (Wildman–Crippen LogP) is 4.95. The molecule has 2 heterocycles. The van der Waals surface area contributed by atoms with Gasteiger partial charge >= 0.3 is 5.63 Å². The summed E-state index contributed by atoms with van der Waals surface area (Å²) in [5, 5.41) is 5.23. The van der Waals surface area contributed by atoms with Crippen molar-refractivity contribution in [2.75, 3.05) is 12.4 Å². The number of rotatable bonds is 3. The van der Waals surface area contributed by atoms with E-state index in [1.54, 1.807) is 30.3 Å². The maximum atomic E-state index is 12.8. The van der Waals surface area contributed by atoms with Gasteiger partial charge in [-0.2, -0.15) is 0 Å². The summed E-state index contributed by atoms with van der Waals surface area (Å²) in [4.78, 5) is 25.1. The number of nitrogens with one attached hydrogen (secondary N) is 1. The smallest absolute Gasteiger partial charge is 0.349 e. The number of ether oxygens (including phenoxy) is 1. The van der Waals surface area contributed by atoms with Gasteiger partial charge in [0.1, 0.15) is 28.1 Å². The summed E-state index contributed by atoms with van der Waals surface area (Å²) in [5.74, 6) is -0.124. The Kier molecular flexibility index (Phi) is 3.84. The molecule has 5 rings (SSSR count). The van der Waals surface area contributed by atoms with E-state index < -0.39 is 11.5 Å². The molecular formula is C23H15NO5. The quantitative estimate of drug-likeness (QED) is 0.444. The molecule has 2 aromatic heterocycles. The second kappa shape index (κ2) is 6.53. The molecule has 0 spiro atoms. The van der Waals surface area contributed by atoms with Crippen LogP contribution < -0.4 is 15.7 Å². The van der Waals surface area contributed by atoms with Crippen LogP contribution in [0, 0.1) is 0 Å². The van der Waals surface area contributed by atoms with E-state index in [-0.39, 0.29) is 5.56 Å². The van der Waals surface area contributed by atoms with Crippen LogP contribution in [0.4, 0.5) is 5.69 Å². The summed E-state index contributed by atoms with van der Waals surface area (Å²) < 4.78 is 16.6. The van der Waals surface area contributed by atoms with E-state index in [1.807, 2.05) is 30.3 Å². The number of hydrogen-bond acceptors (Lipinski definition) is 5. The molecule has 0 saturated carbocycles. The summed E-state index contributed by atoms with van der Waals surface area (Å²) in [6.45, 7) is 0. The van der Waals surface area contributed by atoms with Crippen LogP contribution in [0.5, 0.6) is 5.75 Å². The number of fused-ring (bicyclic) bond motifs is 4. The molecule has 3 aromatic carbocycles. The van der Waals surface area contributed by atoms with E-state index >= 15 is 0 Å². The molecule has 0 aliphatic heterocycles. The van der Waals surface area contributed by atoms with Crippen molar-refractivity contribution in [3.05, 3.63) is 82.7 Å². The van der Waals surface area contributed by atoms with Crippen molar-refractivity contribution in [3.8, 4) is 5.75 Å². The highest BCUT2D eigenvalue weighted by atomic mass is 16.5. The second-order valence-corrected chi connectivity index (χ2v) is 6.59.